The number of anilines is 2. The van der Waals surface area contributed by atoms with Crippen molar-refractivity contribution in [3.8, 4) is 5.75 Å². The van der Waals surface area contributed by atoms with E-state index in [-0.39, 0.29) is 18.4 Å². The average Bonchev–Trinajstić information content (AvgIpc) is 2.54. The van der Waals surface area contributed by atoms with E-state index in [2.05, 4.69) is 10.6 Å². The molecule has 7 heteroatoms. The lowest BCUT2D eigenvalue weighted by atomic mass is 10.1. The van der Waals surface area contributed by atoms with Gasteiger partial charge in [-0.15, -0.1) is 0 Å². The minimum absolute atomic E-state index is 0.134. The molecule has 1 aliphatic rings. The topological polar surface area (TPSA) is 111 Å². The third-order valence-corrected chi connectivity index (χ3v) is 3.31. The highest BCUT2D eigenvalue weighted by Gasteiger charge is 2.22. The van der Waals surface area contributed by atoms with Crippen molar-refractivity contribution >= 4 is 29.1 Å². The number of nitrogens with two attached hydrogens (primary N) is 1. The predicted molar refractivity (Wildman–Crippen MR) is 83.5 cm³/mol. The largest absolute Gasteiger partial charge is 0.481 e. The Morgan fingerprint density at radius 1 is 1.13 bits per heavy atom. The Labute approximate surface area is 131 Å². The van der Waals surface area contributed by atoms with Crippen molar-refractivity contribution in [2.75, 3.05) is 17.2 Å². The standard InChI is InChI=1S/C16H13N3O4/c17-15(21)9-4-6-10(7-5-9)18-16(22)11-2-1-3-12-14(11)23-8-13(20)19-12/h1-7H,8H2,(H2,17,21)(H,18,22)(H,19,20). The number of benzene rings is 2. The normalized spacial score (nSPS) is 12.6. The van der Waals surface area contributed by atoms with E-state index in [9.17, 15) is 14.4 Å². The molecule has 4 N–H and O–H groups in total. The molecule has 3 amide bonds. The molecule has 0 spiro atoms. The molecule has 1 heterocycles. The van der Waals surface area contributed by atoms with Gasteiger partial charge in [0.1, 0.15) is 0 Å². The van der Waals surface area contributed by atoms with Crippen LogP contribution in [0.25, 0.3) is 0 Å². The van der Waals surface area contributed by atoms with Crippen LogP contribution in [0.2, 0.25) is 0 Å². The van der Waals surface area contributed by atoms with Crippen molar-refractivity contribution in [1.29, 1.82) is 0 Å². The minimum atomic E-state index is -0.538. The maximum atomic E-state index is 12.4. The molecule has 0 aliphatic carbocycles. The molecule has 0 saturated heterocycles. The fourth-order valence-corrected chi connectivity index (χ4v) is 2.21. The van der Waals surface area contributed by atoms with Crippen molar-refractivity contribution in [2.24, 2.45) is 5.73 Å². The molecule has 0 unspecified atom stereocenters. The SMILES string of the molecule is NC(=O)c1ccc(NC(=O)c2cccc3c2OCC(=O)N3)cc1. The zero-order valence-corrected chi connectivity index (χ0v) is 12.0. The monoisotopic (exact) mass is 311 g/mol. The van der Waals surface area contributed by atoms with Crippen molar-refractivity contribution in [2.45, 2.75) is 0 Å². The molecule has 0 radical (unpaired) electrons. The summed E-state index contributed by atoms with van der Waals surface area (Å²) >= 11 is 0. The second kappa shape index (κ2) is 5.80. The smallest absolute Gasteiger partial charge is 0.262 e. The Kier molecular flexibility index (Phi) is 3.68. The lowest BCUT2D eigenvalue weighted by molar-refractivity contribution is -0.118. The van der Waals surface area contributed by atoms with E-state index in [1.54, 1.807) is 30.3 Å². The van der Waals surface area contributed by atoms with E-state index in [1.165, 1.54) is 12.1 Å². The first-order valence-electron chi connectivity index (χ1n) is 6.81. The molecule has 2 aromatic rings. The molecule has 2 aromatic carbocycles. The fourth-order valence-electron chi connectivity index (χ4n) is 2.21. The van der Waals surface area contributed by atoms with E-state index in [0.29, 0.717) is 28.3 Å². The predicted octanol–water partition coefficient (Wildman–Crippen LogP) is 1.37. The number of fused-ring (bicyclic) bond motifs is 1. The van der Waals surface area contributed by atoms with Crippen molar-refractivity contribution in [1.82, 2.24) is 0 Å². The molecule has 0 aromatic heterocycles. The van der Waals surface area contributed by atoms with Gasteiger partial charge < -0.3 is 21.1 Å². The van der Waals surface area contributed by atoms with Gasteiger partial charge in [0.2, 0.25) is 5.91 Å². The number of hydrogen-bond donors (Lipinski definition) is 3. The van der Waals surface area contributed by atoms with Crippen LogP contribution in [0.4, 0.5) is 11.4 Å². The van der Waals surface area contributed by atoms with Crippen LogP contribution in [0.1, 0.15) is 20.7 Å². The van der Waals surface area contributed by atoms with Gasteiger partial charge in [0.15, 0.2) is 12.4 Å². The molecule has 0 fully saturated rings. The number of rotatable bonds is 3. The molecular weight excluding hydrogens is 298 g/mol. The first-order valence-corrected chi connectivity index (χ1v) is 6.81. The summed E-state index contributed by atoms with van der Waals surface area (Å²) in [6, 6.07) is 11.1. The summed E-state index contributed by atoms with van der Waals surface area (Å²) in [4.78, 5) is 34.7. The summed E-state index contributed by atoms with van der Waals surface area (Å²) in [5, 5.41) is 5.35. The highest BCUT2D eigenvalue weighted by molar-refractivity contribution is 6.09. The maximum absolute atomic E-state index is 12.4. The summed E-state index contributed by atoms with van der Waals surface area (Å²) in [5.74, 6) is -0.857. The van der Waals surface area contributed by atoms with Gasteiger partial charge in [-0.2, -0.15) is 0 Å². The lowest BCUT2D eigenvalue weighted by Crippen LogP contribution is -2.27. The molecule has 3 rings (SSSR count). The minimum Gasteiger partial charge on any atom is -0.481 e. The molecular formula is C16H13N3O4. The van der Waals surface area contributed by atoms with Gasteiger partial charge in [-0.25, -0.2) is 0 Å². The first-order chi connectivity index (χ1) is 11.0. The van der Waals surface area contributed by atoms with Crippen LogP contribution >= 0.6 is 0 Å². The van der Waals surface area contributed by atoms with Crippen LogP contribution in [-0.2, 0) is 4.79 Å². The molecule has 0 bridgehead atoms. The lowest BCUT2D eigenvalue weighted by Gasteiger charge is -2.20. The number of primary amides is 1. The Bertz CT molecular complexity index is 799. The van der Waals surface area contributed by atoms with Crippen molar-refractivity contribution in [3.63, 3.8) is 0 Å². The molecule has 0 atom stereocenters. The number of ether oxygens (including phenoxy) is 1. The van der Waals surface area contributed by atoms with Gasteiger partial charge in [-0.3, -0.25) is 14.4 Å². The highest BCUT2D eigenvalue weighted by Crippen LogP contribution is 2.32. The number of para-hydroxylation sites is 1. The Morgan fingerprint density at radius 2 is 1.87 bits per heavy atom. The van der Waals surface area contributed by atoms with Gasteiger partial charge in [-0.1, -0.05) is 6.07 Å². The van der Waals surface area contributed by atoms with Gasteiger partial charge in [0.05, 0.1) is 11.3 Å². The van der Waals surface area contributed by atoms with E-state index < -0.39 is 5.91 Å². The number of hydrogen-bond acceptors (Lipinski definition) is 4. The van der Waals surface area contributed by atoms with Crippen LogP contribution in [0.3, 0.4) is 0 Å². The zero-order chi connectivity index (χ0) is 16.4. The van der Waals surface area contributed by atoms with Crippen molar-refractivity contribution < 1.29 is 19.1 Å². The third-order valence-electron chi connectivity index (χ3n) is 3.31. The van der Waals surface area contributed by atoms with Crippen LogP contribution < -0.4 is 21.1 Å². The number of carbonyl (C=O) groups excluding carboxylic acids is 3. The Hall–Kier alpha value is -3.35. The molecule has 1 aliphatic heterocycles. The van der Waals surface area contributed by atoms with Gasteiger partial charge in [0, 0.05) is 11.3 Å². The van der Waals surface area contributed by atoms with Crippen LogP contribution in [-0.4, -0.2) is 24.3 Å². The summed E-state index contributed by atoms with van der Waals surface area (Å²) in [6.07, 6.45) is 0. The fraction of sp³-hybridized carbons (Fsp3) is 0.0625. The molecule has 7 nitrogen and oxygen atoms in total. The zero-order valence-electron chi connectivity index (χ0n) is 12.0. The molecule has 23 heavy (non-hydrogen) atoms. The van der Waals surface area contributed by atoms with Crippen LogP contribution in [0, 0.1) is 0 Å². The quantitative estimate of drug-likeness (QED) is 0.795. The Balaban J connectivity index is 1.82. The first kappa shape index (κ1) is 14.6. The van der Waals surface area contributed by atoms with Gasteiger partial charge in [-0.05, 0) is 36.4 Å². The third kappa shape index (κ3) is 2.98. The number of amides is 3. The summed E-state index contributed by atoms with van der Waals surface area (Å²) in [7, 11) is 0. The average molecular weight is 311 g/mol. The second-order valence-electron chi connectivity index (χ2n) is 4.91. The molecule has 116 valence electrons. The summed E-state index contributed by atoms with van der Waals surface area (Å²) in [5.41, 5.74) is 6.79. The van der Waals surface area contributed by atoms with Crippen LogP contribution in [0.15, 0.2) is 42.5 Å². The number of carbonyl (C=O) groups is 3. The summed E-state index contributed by atoms with van der Waals surface area (Å²) in [6.45, 7) is -0.134. The molecule has 0 saturated carbocycles. The van der Waals surface area contributed by atoms with Crippen LogP contribution in [0.5, 0.6) is 5.75 Å². The van der Waals surface area contributed by atoms with Gasteiger partial charge >= 0.3 is 0 Å². The van der Waals surface area contributed by atoms with E-state index in [4.69, 9.17) is 10.5 Å². The second-order valence-corrected chi connectivity index (χ2v) is 4.91. The van der Waals surface area contributed by atoms with E-state index in [1.807, 2.05) is 0 Å². The van der Waals surface area contributed by atoms with Crippen molar-refractivity contribution in [3.05, 3.63) is 53.6 Å². The van der Waals surface area contributed by atoms with E-state index in [0.717, 1.165) is 0 Å². The number of nitrogens with one attached hydrogen (secondary N) is 2. The van der Waals surface area contributed by atoms with E-state index >= 15 is 0 Å². The highest BCUT2D eigenvalue weighted by atomic mass is 16.5. The van der Waals surface area contributed by atoms with Gasteiger partial charge in [0.25, 0.3) is 11.8 Å². The Morgan fingerprint density at radius 3 is 2.57 bits per heavy atom. The maximum Gasteiger partial charge on any atom is 0.262 e. The summed E-state index contributed by atoms with van der Waals surface area (Å²) < 4.78 is 5.34.